The molecular weight excluding hydrogens is 342 g/mol. The Labute approximate surface area is 153 Å². The van der Waals surface area contributed by atoms with Crippen molar-refractivity contribution >= 4 is 40.3 Å². The molecule has 0 aromatic heterocycles. The zero-order chi connectivity index (χ0) is 16.9. The molecule has 1 aliphatic heterocycles. The lowest BCUT2D eigenvalue weighted by molar-refractivity contribution is 0.390. The van der Waals surface area contributed by atoms with Crippen molar-refractivity contribution in [2.75, 3.05) is 43.5 Å². The first kappa shape index (κ1) is 16.9. The van der Waals surface area contributed by atoms with Gasteiger partial charge in [0.05, 0.1) is 17.8 Å². The number of methoxy groups -OCH3 is 1. The number of anilines is 2. The summed E-state index contributed by atoms with van der Waals surface area (Å²) in [6.07, 6.45) is 0. The minimum atomic E-state index is 0.678. The summed E-state index contributed by atoms with van der Waals surface area (Å²) >= 11 is 11.7. The van der Waals surface area contributed by atoms with Crippen LogP contribution in [0.25, 0.3) is 0 Å². The zero-order valence-electron chi connectivity index (χ0n) is 13.5. The Morgan fingerprint density at radius 2 is 1.71 bits per heavy atom. The minimum Gasteiger partial charge on any atom is -0.497 e. The van der Waals surface area contributed by atoms with Crippen molar-refractivity contribution in [3.05, 3.63) is 53.6 Å². The molecule has 1 N–H and O–H groups in total. The van der Waals surface area contributed by atoms with Gasteiger partial charge < -0.3 is 19.9 Å². The Balaban J connectivity index is 1.56. The van der Waals surface area contributed by atoms with Gasteiger partial charge in [-0.05, 0) is 48.6 Å². The van der Waals surface area contributed by atoms with Gasteiger partial charge >= 0.3 is 0 Å². The van der Waals surface area contributed by atoms with Crippen LogP contribution in [0.4, 0.5) is 11.4 Å². The number of ether oxygens (including phenoxy) is 1. The molecule has 0 amide bonds. The zero-order valence-corrected chi connectivity index (χ0v) is 15.1. The maximum absolute atomic E-state index is 6.18. The van der Waals surface area contributed by atoms with E-state index in [1.54, 1.807) is 7.11 Å². The average molecular weight is 362 g/mol. The molecule has 24 heavy (non-hydrogen) atoms. The first-order chi connectivity index (χ1) is 11.7. The fraction of sp³-hybridized carbons (Fsp3) is 0.278. The summed E-state index contributed by atoms with van der Waals surface area (Å²) in [6, 6.07) is 15.8. The predicted octanol–water partition coefficient (Wildman–Crippen LogP) is 3.87. The van der Waals surface area contributed by atoms with E-state index in [-0.39, 0.29) is 0 Å². The number of piperazine rings is 1. The number of hydrogen-bond acceptors (Lipinski definition) is 3. The lowest BCUT2D eigenvalue weighted by Gasteiger charge is -2.37. The highest BCUT2D eigenvalue weighted by atomic mass is 35.5. The number of hydrogen-bond donors (Lipinski definition) is 1. The van der Waals surface area contributed by atoms with Crippen LogP contribution < -0.4 is 15.0 Å². The number of benzene rings is 2. The molecule has 2 aromatic carbocycles. The van der Waals surface area contributed by atoms with Crippen molar-refractivity contribution in [3.63, 3.8) is 0 Å². The second-order valence-electron chi connectivity index (χ2n) is 5.58. The van der Waals surface area contributed by atoms with Crippen LogP contribution in [0.15, 0.2) is 48.5 Å². The molecule has 0 atom stereocenters. The van der Waals surface area contributed by atoms with E-state index < -0.39 is 0 Å². The summed E-state index contributed by atoms with van der Waals surface area (Å²) in [5, 5.41) is 4.64. The second-order valence-corrected chi connectivity index (χ2v) is 6.38. The van der Waals surface area contributed by atoms with Crippen LogP contribution in [0.2, 0.25) is 5.02 Å². The fourth-order valence-electron chi connectivity index (χ4n) is 2.72. The normalized spacial score (nSPS) is 14.4. The minimum absolute atomic E-state index is 0.678. The van der Waals surface area contributed by atoms with E-state index in [1.807, 2.05) is 36.4 Å². The Morgan fingerprint density at radius 3 is 2.33 bits per heavy atom. The van der Waals surface area contributed by atoms with Crippen LogP contribution in [0.5, 0.6) is 5.75 Å². The monoisotopic (exact) mass is 361 g/mol. The maximum atomic E-state index is 6.18. The third-order valence-electron chi connectivity index (χ3n) is 4.12. The van der Waals surface area contributed by atoms with Gasteiger partial charge in [0.25, 0.3) is 0 Å². The van der Waals surface area contributed by atoms with Crippen molar-refractivity contribution in [2.24, 2.45) is 0 Å². The molecule has 1 fully saturated rings. The van der Waals surface area contributed by atoms with Gasteiger partial charge in [0.15, 0.2) is 5.11 Å². The van der Waals surface area contributed by atoms with E-state index in [0.29, 0.717) is 5.02 Å². The van der Waals surface area contributed by atoms with Crippen molar-refractivity contribution in [2.45, 2.75) is 0 Å². The highest BCUT2D eigenvalue weighted by Crippen LogP contribution is 2.23. The summed E-state index contributed by atoms with van der Waals surface area (Å²) < 4.78 is 5.21. The van der Waals surface area contributed by atoms with Gasteiger partial charge in [0.2, 0.25) is 0 Å². The molecule has 4 nitrogen and oxygen atoms in total. The van der Waals surface area contributed by atoms with Crippen molar-refractivity contribution in [1.82, 2.24) is 4.90 Å². The number of para-hydroxylation sites is 1. The van der Waals surface area contributed by atoms with Gasteiger partial charge in [-0.25, -0.2) is 0 Å². The summed E-state index contributed by atoms with van der Waals surface area (Å²) in [4.78, 5) is 4.53. The van der Waals surface area contributed by atoms with Crippen LogP contribution in [-0.2, 0) is 0 Å². The Morgan fingerprint density at radius 1 is 1.04 bits per heavy atom. The van der Waals surface area contributed by atoms with Crippen LogP contribution in [-0.4, -0.2) is 43.3 Å². The van der Waals surface area contributed by atoms with Gasteiger partial charge in [-0.2, -0.15) is 0 Å². The SMILES string of the molecule is COc1ccc(N2CCN(C(=S)Nc3ccccc3Cl)CC2)cc1. The highest BCUT2D eigenvalue weighted by Gasteiger charge is 2.19. The molecule has 0 radical (unpaired) electrons. The smallest absolute Gasteiger partial charge is 0.173 e. The number of halogens is 1. The molecule has 0 unspecified atom stereocenters. The van der Waals surface area contributed by atoms with E-state index in [2.05, 4.69) is 27.2 Å². The largest absolute Gasteiger partial charge is 0.497 e. The van der Waals surface area contributed by atoms with Crippen molar-refractivity contribution < 1.29 is 4.74 Å². The number of nitrogens with one attached hydrogen (secondary N) is 1. The van der Waals surface area contributed by atoms with Crippen LogP contribution in [0.3, 0.4) is 0 Å². The second kappa shape index (κ2) is 7.73. The van der Waals surface area contributed by atoms with E-state index >= 15 is 0 Å². The number of rotatable bonds is 3. The van der Waals surface area contributed by atoms with E-state index in [0.717, 1.165) is 42.7 Å². The topological polar surface area (TPSA) is 27.7 Å². The van der Waals surface area contributed by atoms with Gasteiger partial charge in [0, 0.05) is 31.9 Å². The average Bonchev–Trinajstić information content (AvgIpc) is 2.64. The molecule has 3 rings (SSSR count). The maximum Gasteiger partial charge on any atom is 0.173 e. The molecule has 1 heterocycles. The van der Waals surface area contributed by atoms with Gasteiger partial charge in [0.1, 0.15) is 5.75 Å². The lowest BCUT2D eigenvalue weighted by Crippen LogP contribution is -2.50. The molecular formula is C18H20ClN3OS. The number of thiocarbonyl (C=S) groups is 1. The fourth-order valence-corrected chi connectivity index (χ4v) is 3.19. The van der Waals surface area contributed by atoms with Crippen molar-refractivity contribution in [3.8, 4) is 5.75 Å². The number of nitrogens with zero attached hydrogens (tertiary/aromatic N) is 2. The third kappa shape index (κ3) is 3.91. The molecule has 2 aromatic rings. The summed E-state index contributed by atoms with van der Waals surface area (Å²) in [5.41, 5.74) is 2.06. The van der Waals surface area contributed by atoms with Crippen molar-refractivity contribution in [1.29, 1.82) is 0 Å². The molecule has 1 saturated heterocycles. The Bertz CT molecular complexity index is 700. The van der Waals surface area contributed by atoms with Gasteiger partial charge in [-0.3, -0.25) is 0 Å². The summed E-state index contributed by atoms with van der Waals surface area (Å²) in [6.45, 7) is 3.61. The standard InChI is InChI=1S/C18H20ClN3OS/c1-23-15-8-6-14(7-9-15)21-10-12-22(13-11-21)18(24)20-17-5-3-2-4-16(17)19/h2-9H,10-13H2,1H3,(H,20,24). The molecule has 126 valence electrons. The first-order valence-electron chi connectivity index (χ1n) is 7.87. The summed E-state index contributed by atoms with van der Waals surface area (Å²) in [5.74, 6) is 0.877. The first-order valence-corrected chi connectivity index (χ1v) is 8.65. The molecule has 6 heteroatoms. The molecule has 0 bridgehead atoms. The quantitative estimate of drug-likeness (QED) is 0.838. The van der Waals surface area contributed by atoms with Crippen LogP contribution in [0.1, 0.15) is 0 Å². The van der Waals surface area contributed by atoms with E-state index in [9.17, 15) is 0 Å². The van der Waals surface area contributed by atoms with Gasteiger partial charge in [-0.1, -0.05) is 23.7 Å². The summed E-state index contributed by atoms with van der Waals surface area (Å²) in [7, 11) is 1.68. The molecule has 0 aliphatic carbocycles. The Hall–Kier alpha value is -1.98. The van der Waals surface area contributed by atoms with E-state index in [4.69, 9.17) is 28.6 Å². The van der Waals surface area contributed by atoms with Crippen LogP contribution in [0, 0.1) is 0 Å². The van der Waals surface area contributed by atoms with E-state index in [1.165, 1.54) is 5.69 Å². The predicted molar refractivity (Wildman–Crippen MR) is 104 cm³/mol. The lowest BCUT2D eigenvalue weighted by atomic mass is 10.2. The molecule has 1 aliphatic rings. The molecule has 0 saturated carbocycles. The van der Waals surface area contributed by atoms with Crippen LogP contribution >= 0.6 is 23.8 Å². The molecule has 0 spiro atoms. The third-order valence-corrected chi connectivity index (χ3v) is 4.81. The van der Waals surface area contributed by atoms with Gasteiger partial charge in [-0.15, -0.1) is 0 Å². The highest BCUT2D eigenvalue weighted by molar-refractivity contribution is 7.80. The Kier molecular flexibility index (Phi) is 5.43.